The lowest BCUT2D eigenvalue weighted by Crippen LogP contribution is -2.35. The van der Waals surface area contributed by atoms with Crippen LogP contribution in [0.1, 0.15) is 25.7 Å². The van der Waals surface area contributed by atoms with Crippen LogP contribution in [0.25, 0.3) is 0 Å². The lowest BCUT2D eigenvalue weighted by atomic mass is 10.2. The second-order valence-corrected chi connectivity index (χ2v) is 6.16. The van der Waals surface area contributed by atoms with Gasteiger partial charge in [-0.05, 0) is 37.9 Å². The Bertz CT molecular complexity index is 545. The van der Waals surface area contributed by atoms with E-state index in [9.17, 15) is 0 Å². The molecular weight excluding hydrogens is 314 g/mol. The summed E-state index contributed by atoms with van der Waals surface area (Å²) in [4.78, 5) is 11.1. The zero-order valence-corrected chi connectivity index (χ0v) is 14.2. The average molecular weight is 337 g/mol. The standard InChI is InChI=1S/C15H23N5O2S/c1-21-13-9-12(20-6-2-3-7-20)17-14(18-13)19-15(23)16-10-11-5-4-8-22-11/h9,11H,2-8,10H2,1H3,(H2,16,17,18,19,23)/t11-/m1/s1. The molecule has 0 amide bonds. The van der Waals surface area contributed by atoms with Crippen molar-refractivity contribution in [3.63, 3.8) is 0 Å². The van der Waals surface area contributed by atoms with Crippen LogP contribution >= 0.6 is 12.2 Å². The summed E-state index contributed by atoms with van der Waals surface area (Å²) < 4.78 is 10.8. The molecule has 23 heavy (non-hydrogen) atoms. The molecule has 3 heterocycles. The fraction of sp³-hybridized carbons (Fsp3) is 0.667. The van der Waals surface area contributed by atoms with Gasteiger partial charge in [0.05, 0.1) is 13.2 Å². The largest absolute Gasteiger partial charge is 0.481 e. The van der Waals surface area contributed by atoms with Gasteiger partial charge in [-0.2, -0.15) is 9.97 Å². The number of aromatic nitrogens is 2. The monoisotopic (exact) mass is 337 g/mol. The van der Waals surface area contributed by atoms with Crippen molar-refractivity contribution in [3.05, 3.63) is 6.07 Å². The normalized spacial score (nSPS) is 20.6. The van der Waals surface area contributed by atoms with Crippen molar-refractivity contribution in [3.8, 4) is 5.88 Å². The first kappa shape index (κ1) is 16.2. The molecule has 2 fully saturated rings. The van der Waals surface area contributed by atoms with E-state index >= 15 is 0 Å². The quantitative estimate of drug-likeness (QED) is 0.784. The summed E-state index contributed by atoms with van der Waals surface area (Å²) in [5.74, 6) is 1.86. The molecule has 2 N–H and O–H groups in total. The number of thiocarbonyl (C=S) groups is 1. The molecule has 0 bridgehead atoms. The summed E-state index contributed by atoms with van der Waals surface area (Å²) >= 11 is 5.32. The number of rotatable bonds is 5. The van der Waals surface area contributed by atoms with Gasteiger partial charge in [0.1, 0.15) is 5.82 Å². The van der Waals surface area contributed by atoms with Gasteiger partial charge in [-0.25, -0.2) is 0 Å². The van der Waals surface area contributed by atoms with Gasteiger partial charge in [0.2, 0.25) is 11.8 Å². The summed E-state index contributed by atoms with van der Waals surface area (Å²) in [7, 11) is 1.61. The van der Waals surface area contributed by atoms with E-state index in [1.54, 1.807) is 7.11 Å². The summed E-state index contributed by atoms with van der Waals surface area (Å²) in [6, 6.07) is 1.86. The van der Waals surface area contributed by atoms with Gasteiger partial charge < -0.3 is 25.0 Å². The zero-order valence-electron chi connectivity index (χ0n) is 13.4. The van der Waals surface area contributed by atoms with Crippen molar-refractivity contribution >= 4 is 29.1 Å². The minimum atomic E-state index is 0.237. The predicted octanol–water partition coefficient (Wildman–Crippen LogP) is 1.55. The number of nitrogens with one attached hydrogen (secondary N) is 2. The van der Waals surface area contributed by atoms with E-state index in [0.29, 0.717) is 23.5 Å². The summed E-state index contributed by atoms with van der Waals surface area (Å²) in [5.41, 5.74) is 0. The lowest BCUT2D eigenvalue weighted by molar-refractivity contribution is 0.114. The Balaban J connectivity index is 1.61. The molecule has 2 aliphatic heterocycles. The second-order valence-electron chi connectivity index (χ2n) is 5.76. The van der Waals surface area contributed by atoms with Crippen molar-refractivity contribution in [2.45, 2.75) is 31.8 Å². The van der Waals surface area contributed by atoms with Crippen molar-refractivity contribution in [2.75, 3.05) is 43.6 Å². The molecule has 1 atom stereocenters. The van der Waals surface area contributed by atoms with E-state index in [1.807, 2.05) is 6.07 Å². The Labute approximate surface area is 141 Å². The van der Waals surface area contributed by atoms with E-state index < -0.39 is 0 Å². The number of nitrogens with zero attached hydrogens (tertiary/aromatic N) is 3. The Morgan fingerprint density at radius 3 is 2.91 bits per heavy atom. The van der Waals surface area contributed by atoms with E-state index in [0.717, 1.165) is 38.4 Å². The predicted molar refractivity (Wildman–Crippen MR) is 93.2 cm³/mol. The van der Waals surface area contributed by atoms with Crippen LogP contribution < -0.4 is 20.3 Å². The average Bonchev–Trinajstić information content (AvgIpc) is 3.26. The highest BCUT2D eigenvalue weighted by Gasteiger charge is 2.18. The van der Waals surface area contributed by atoms with Crippen molar-refractivity contribution in [1.29, 1.82) is 0 Å². The van der Waals surface area contributed by atoms with Crippen LogP contribution in [0, 0.1) is 0 Å². The minimum Gasteiger partial charge on any atom is -0.481 e. The molecule has 1 aromatic rings. The molecule has 0 aromatic carbocycles. The first-order chi connectivity index (χ1) is 11.2. The molecule has 126 valence electrons. The lowest BCUT2D eigenvalue weighted by Gasteiger charge is -2.18. The maximum atomic E-state index is 5.57. The Morgan fingerprint density at radius 1 is 1.39 bits per heavy atom. The highest BCUT2D eigenvalue weighted by molar-refractivity contribution is 7.80. The number of methoxy groups -OCH3 is 1. The fourth-order valence-electron chi connectivity index (χ4n) is 2.84. The van der Waals surface area contributed by atoms with Crippen LogP contribution in [0.3, 0.4) is 0 Å². The first-order valence-corrected chi connectivity index (χ1v) is 8.50. The van der Waals surface area contributed by atoms with Crippen LogP contribution in [0.2, 0.25) is 0 Å². The molecule has 0 saturated carbocycles. The zero-order chi connectivity index (χ0) is 16.1. The van der Waals surface area contributed by atoms with Crippen molar-refractivity contribution in [2.24, 2.45) is 0 Å². The highest BCUT2D eigenvalue weighted by Crippen LogP contribution is 2.23. The Morgan fingerprint density at radius 2 is 2.22 bits per heavy atom. The minimum absolute atomic E-state index is 0.237. The fourth-order valence-corrected chi connectivity index (χ4v) is 3.01. The molecule has 0 aliphatic carbocycles. The van der Waals surface area contributed by atoms with Gasteiger partial charge in [0.25, 0.3) is 0 Å². The summed E-state index contributed by atoms with van der Waals surface area (Å²) in [5, 5.41) is 6.70. The summed E-state index contributed by atoms with van der Waals surface area (Å²) in [6.07, 6.45) is 4.81. The molecule has 2 aliphatic rings. The molecule has 0 unspecified atom stereocenters. The maximum Gasteiger partial charge on any atom is 0.234 e. The molecule has 3 rings (SSSR count). The highest BCUT2D eigenvalue weighted by atomic mass is 32.1. The van der Waals surface area contributed by atoms with Crippen molar-refractivity contribution < 1.29 is 9.47 Å². The number of hydrogen-bond acceptors (Lipinski definition) is 6. The molecule has 7 nitrogen and oxygen atoms in total. The van der Waals surface area contributed by atoms with Crippen LogP contribution in [0.4, 0.5) is 11.8 Å². The molecule has 0 spiro atoms. The molecule has 8 heteroatoms. The van der Waals surface area contributed by atoms with Crippen LogP contribution in [-0.4, -0.2) is 54.5 Å². The number of hydrogen-bond donors (Lipinski definition) is 2. The van der Waals surface area contributed by atoms with Gasteiger partial charge in [0.15, 0.2) is 5.11 Å². The molecule has 0 radical (unpaired) electrons. The van der Waals surface area contributed by atoms with Crippen LogP contribution in [0.5, 0.6) is 5.88 Å². The summed E-state index contributed by atoms with van der Waals surface area (Å²) in [6.45, 7) is 3.57. The molecule has 2 saturated heterocycles. The number of ether oxygens (including phenoxy) is 2. The smallest absolute Gasteiger partial charge is 0.234 e. The Kier molecular flexibility index (Phi) is 5.45. The van der Waals surface area contributed by atoms with E-state index in [1.165, 1.54) is 12.8 Å². The van der Waals surface area contributed by atoms with Gasteiger partial charge in [-0.15, -0.1) is 0 Å². The maximum absolute atomic E-state index is 5.57. The van der Waals surface area contributed by atoms with Crippen LogP contribution in [-0.2, 0) is 4.74 Å². The van der Waals surface area contributed by atoms with Gasteiger partial charge >= 0.3 is 0 Å². The number of anilines is 2. The third-order valence-electron chi connectivity index (χ3n) is 4.07. The van der Waals surface area contributed by atoms with E-state index in [2.05, 4.69) is 25.5 Å². The Hall–Kier alpha value is -1.67. The SMILES string of the molecule is COc1cc(N2CCCC2)nc(NC(=S)NC[C@H]2CCCO2)n1. The first-order valence-electron chi connectivity index (χ1n) is 8.09. The van der Waals surface area contributed by atoms with E-state index in [-0.39, 0.29) is 6.10 Å². The third-order valence-corrected chi connectivity index (χ3v) is 4.31. The second kappa shape index (κ2) is 7.74. The topological polar surface area (TPSA) is 71.5 Å². The van der Waals surface area contributed by atoms with Gasteiger partial charge in [-0.1, -0.05) is 0 Å². The third kappa shape index (κ3) is 4.42. The van der Waals surface area contributed by atoms with Crippen molar-refractivity contribution in [1.82, 2.24) is 15.3 Å². The molecule has 1 aromatic heterocycles. The molecular formula is C15H23N5O2S. The van der Waals surface area contributed by atoms with E-state index in [4.69, 9.17) is 21.7 Å². The van der Waals surface area contributed by atoms with Gasteiger partial charge in [-0.3, -0.25) is 0 Å². The van der Waals surface area contributed by atoms with Gasteiger partial charge in [0, 0.05) is 32.3 Å². The van der Waals surface area contributed by atoms with Crippen LogP contribution in [0.15, 0.2) is 6.07 Å².